The first-order valence-electron chi connectivity index (χ1n) is 6.79. The van der Waals surface area contributed by atoms with Gasteiger partial charge in [0.1, 0.15) is 0 Å². The quantitative estimate of drug-likeness (QED) is 0.901. The summed E-state index contributed by atoms with van der Waals surface area (Å²) >= 11 is 5.96. The van der Waals surface area contributed by atoms with Crippen LogP contribution in [0.15, 0.2) is 18.2 Å². The molecule has 1 aliphatic heterocycles. The average Bonchev–Trinajstić information content (AvgIpc) is 2.32. The third kappa shape index (κ3) is 3.98. The molecule has 1 aromatic carbocycles. The van der Waals surface area contributed by atoms with Gasteiger partial charge in [-0.2, -0.15) is 0 Å². The molecule has 0 spiro atoms. The van der Waals surface area contributed by atoms with Crippen LogP contribution in [0.4, 0.5) is 0 Å². The number of halogens is 1. The smallest absolute Gasteiger partial charge is 0.0408 e. The fraction of sp³-hybridized carbons (Fsp3) is 0.600. The van der Waals surface area contributed by atoms with Gasteiger partial charge in [0.2, 0.25) is 0 Å². The van der Waals surface area contributed by atoms with Crippen molar-refractivity contribution < 1.29 is 0 Å². The number of rotatable bonds is 4. The Labute approximate surface area is 115 Å². The second-order valence-corrected chi connectivity index (χ2v) is 5.91. The molecule has 1 atom stereocenters. The number of piperidine rings is 1. The van der Waals surface area contributed by atoms with Gasteiger partial charge in [-0.1, -0.05) is 17.7 Å². The maximum absolute atomic E-state index is 5.96. The topological polar surface area (TPSA) is 15.3 Å². The normalized spacial score (nSPS) is 21.2. The van der Waals surface area contributed by atoms with Crippen molar-refractivity contribution in [3.63, 3.8) is 0 Å². The summed E-state index contributed by atoms with van der Waals surface area (Å²) in [5.41, 5.74) is 2.62. The molecular formula is C15H23ClN2. The minimum absolute atomic E-state index is 0.802. The summed E-state index contributed by atoms with van der Waals surface area (Å²) in [6.07, 6.45) is 2.69. The summed E-state index contributed by atoms with van der Waals surface area (Å²) in [4.78, 5) is 2.43. The summed E-state index contributed by atoms with van der Waals surface area (Å²) in [5, 5.41) is 4.41. The monoisotopic (exact) mass is 266 g/mol. The lowest BCUT2D eigenvalue weighted by atomic mass is 9.98. The molecule has 1 heterocycles. The number of nitrogens with zero attached hydrogens (tertiary/aromatic N) is 1. The van der Waals surface area contributed by atoms with Crippen LogP contribution in [0.1, 0.15) is 24.0 Å². The highest BCUT2D eigenvalue weighted by atomic mass is 35.5. The van der Waals surface area contributed by atoms with Crippen molar-refractivity contribution in [3.05, 3.63) is 34.3 Å². The second kappa shape index (κ2) is 6.55. The molecule has 0 aliphatic carbocycles. The zero-order chi connectivity index (χ0) is 13.0. The van der Waals surface area contributed by atoms with Crippen molar-refractivity contribution >= 4 is 11.6 Å². The number of benzene rings is 1. The molecule has 0 radical (unpaired) electrons. The van der Waals surface area contributed by atoms with E-state index in [4.69, 9.17) is 11.6 Å². The second-order valence-electron chi connectivity index (χ2n) is 5.47. The first-order valence-corrected chi connectivity index (χ1v) is 7.17. The maximum atomic E-state index is 5.96. The van der Waals surface area contributed by atoms with Crippen LogP contribution in [-0.2, 0) is 6.54 Å². The number of hydrogen-bond donors (Lipinski definition) is 1. The summed E-state index contributed by atoms with van der Waals surface area (Å²) in [6.45, 7) is 6.67. The minimum atomic E-state index is 0.802. The zero-order valence-corrected chi connectivity index (χ0v) is 12.1. The van der Waals surface area contributed by atoms with Gasteiger partial charge in [-0.05, 0) is 69.1 Å². The third-order valence-electron chi connectivity index (χ3n) is 3.78. The molecule has 1 N–H and O–H groups in total. The zero-order valence-electron chi connectivity index (χ0n) is 11.4. The van der Waals surface area contributed by atoms with E-state index in [0.29, 0.717) is 0 Å². The highest BCUT2D eigenvalue weighted by Gasteiger charge is 2.16. The fourth-order valence-electron chi connectivity index (χ4n) is 2.71. The van der Waals surface area contributed by atoms with Crippen LogP contribution < -0.4 is 5.32 Å². The van der Waals surface area contributed by atoms with Gasteiger partial charge >= 0.3 is 0 Å². The van der Waals surface area contributed by atoms with E-state index in [2.05, 4.69) is 30.3 Å². The van der Waals surface area contributed by atoms with Crippen molar-refractivity contribution in [3.8, 4) is 0 Å². The van der Waals surface area contributed by atoms with E-state index >= 15 is 0 Å². The number of nitrogens with one attached hydrogen (secondary N) is 1. The molecule has 1 fully saturated rings. The predicted molar refractivity (Wildman–Crippen MR) is 78.1 cm³/mol. The van der Waals surface area contributed by atoms with E-state index in [1.165, 1.54) is 37.1 Å². The lowest BCUT2D eigenvalue weighted by molar-refractivity contribution is 0.206. The van der Waals surface area contributed by atoms with Gasteiger partial charge in [-0.3, -0.25) is 0 Å². The molecule has 1 aliphatic rings. The van der Waals surface area contributed by atoms with Crippen LogP contribution in [0.2, 0.25) is 5.02 Å². The molecule has 0 bridgehead atoms. The molecule has 0 amide bonds. The third-order valence-corrected chi connectivity index (χ3v) is 4.01. The largest absolute Gasteiger partial charge is 0.312 e. The Hall–Kier alpha value is -0.570. The SMILES string of the molecule is Cc1cc(Cl)ccc1CNCC1CCCN(C)C1. The van der Waals surface area contributed by atoms with Gasteiger partial charge in [-0.15, -0.1) is 0 Å². The van der Waals surface area contributed by atoms with Crippen LogP contribution >= 0.6 is 11.6 Å². The fourth-order valence-corrected chi connectivity index (χ4v) is 2.94. The Morgan fingerprint density at radius 3 is 3.00 bits per heavy atom. The minimum Gasteiger partial charge on any atom is -0.312 e. The van der Waals surface area contributed by atoms with E-state index < -0.39 is 0 Å². The van der Waals surface area contributed by atoms with Gasteiger partial charge in [-0.25, -0.2) is 0 Å². The molecule has 18 heavy (non-hydrogen) atoms. The number of hydrogen-bond acceptors (Lipinski definition) is 2. The van der Waals surface area contributed by atoms with Gasteiger partial charge < -0.3 is 10.2 Å². The highest BCUT2D eigenvalue weighted by Crippen LogP contribution is 2.16. The van der Waals surface area contributed by atoms with E-state index in [0.717, 1.165) is 24.0 Å². The van der Waals surface area contributed by atoms with Crippen LogP contribution in [0.3, 0.4) is 0 Å². The standard InChI is InChI=1S/C15H23ClN2/c1-12-8-15(16)6-5-14(12)10-17-9-13-4-3-7-18(2)11-13/h5-6,8,13,17H,3-4,7,9-11H2,1-2H3. The Bertz CT molecular complexity index is 392. The van der Waals surface area contributed by atoms with Crippen LogP contribution in [-0.4, -0.2) is 31.6 Å². The first kappa shape index (κ1) is 13.9. The van der Waals surface area contributed by atoms with E-state index in [9.17, 15) is 0 Å². The summed E-state index contributed by atoms with van der Waals surface area (Å²) in [7, 11) is 2.22. The predicted octanol–water partition coefficient (Wildman–Crippen LogP) is 3.08. The van der Waals surface area contributed by atoms with Crippen molar-refractivity contribution in [1.82, 2.24) is 10.2 Å². The van der Waals surface area contributed by atoms with E-state index in [-0.39, 0.29) is 0 Å². The Kier molecular flexibility index (Phi) is 5.04. The van der Waals surface area contributed by atoms with E-state index in [1.807, 2.05) is 12.1 Å². The molecule has 1 saturated heterocycles. The van der Waals surface area contributed by atoms with Crippen LogP contribution in [0, 0.1) is 12.8 Å². The van der Waals surface area contributed by atoms with Crippen molar-refractivity contribution in [2.24, 2.45) is 5.92 Å². The Balaban J connectivity index is 1.77. The van der Waals surface area contributed by atoms with Crippen molar-refractivity contribution in [2.45, 2.75) is 26.3 Å². The van der Waals surface area contributed by atoms with E-state index in [1.54, 1.807) is 0 Å². The van der Waals surface area contributed by atoms with Gasteiger partial charge in [0.15, 0.2) is 0 Å². The molecule has 0 aromatic heterocycles. The molecule has 100 valence electrons. The molecule has 1 unspecified atom stereocenters. The first-order chi connectivity index (χ1) is 8.65. The molecule has 0 saturated carbocycles. The summed E-state index contributed by atoms with van der Waals surface area (Å²) < 4.78 is 0. The maximum Gasteiger partial charge on any atom is 0.0408 e. The molecule has 1 aromatic rings. The number of aryl methyl sites for hydroxylation is 1. The van der Waals surface area contributed by atoms with Gasteiger partial charge in [0, 0.05) is 18.1 Å². The van der Waals surface area contributed by atoms with Crippen LogP contribution in [0.25, 0.3) is 0 Å². The Morgan fingerprint density at radius 1 is 1.44 bits per heavy atom. The van der Waals surface area contributed by atoms with Crippen molar-refractivity contribution in [2.75, 3.05) is 26.7 Å². The lowest BCUT2D eigenvalue weighted by Crippen LogP contribution is -2.37. The van der Waals surface area contributed by atoms with Gasteiger partial charge in [0.05, 0.1) is 0 Å². The highest BCUT2D eigenvalue weighted by molar-refractivity contribution is 6.30. The average molecular weight is 267 g/mol. The molecule has 2 rings (SSSR count). The lowest BCUT2D eigenvalue weighted by Gasteiger charge is -2.29. The summed E-state index contributed by atoms with van der Waals surface area (Å²) in [5.74, 6) is 0.802. The van der Waals surface area contributed by atoms with Gasteiger partial charge in [0.25, 0.3) is 0 Å². The summed E-state index contributed by atoms with van der Waals surface area (Å²) in [6, 6.07) is 6.13. The Morgan fingerprint density at radius 2 is 2.28 bits per heavy atom. The molecule has 2 nitrogen and oxygen atoms in total. The molecular weight excluding hydrogens is 244 g/mol. The van der Waals surface area contributed by atoms with Crippen LogP contribution in [0.5, 0.6) is 0 Å². The van der Waals surface area contributed by atoms with Crippen molar-refractivity contribution in [1.29, 1.82) is 0 Å². The molecule has 3 heteroatoms. The number of likely N-dealkylation sites (tertiary alicyclic amines) is 1.